The Balaban J connectivity index is 1.81. The third-order valence-corrected chi connectivity index (χ3v) is 4.66. The van der Waals surface area contributed by atoms with Gasteiger partial charge in [-0.25, -0.2) is 0 Å². The van der Waals surface area contributed by atoms with Crippen LogP contribution in [0.3, 0.4) is 0 Å². The lowest BCUT2D eigenvalue weighted by Crippen LogP contribution is -2.40. The number of piperidine rings is 1. The summed E-state index contributed by atoms with van der Waals surface area (Å²) in [6.07, 6.45) is 5.34. The molecule has 1 saturated heterocycles. The molecule has 1 aromatic carbocycles. The van der Waals surface area contributed by atoms with Gasteiger partial charge in [0.15, 0.2) is 0 Å². The van der Waals surface area contributed by atoms with Gasteiger partial charge in [0.25, 0.3) is 0 Å². The highest BCUT2D eigenvalue weighted by atomic mass is 79.9. The van der Waals surface area contributed by atoms with Crippen LogP contribution in [-0.4, -0.2) is 30.6 Å². The molecule has 1 fully saturated rings. The van der Waals surface area contributed by atoms with Crippen molar-refractivity contribution in [2.24, 2.45) is 0 Å². The van der Waals surface area contributed by atoms with Crippen LogP contribution in [0.1, 0.15) is 38.2 Å². The lowest BCUT2D eigenvalue weighted by Gasteiger charge is -2.31. The van der Waals surface area contributed by atoms with Crippen LogP contribution in [0.15, 0.2) is 28.7 Å². The Morgan fingerprint density at radius 2 is 2.05 bits per heavy atom. The molecule has 2 unspecified atom stereocenters. The minimum atomic E-state index is 0.624. The number of rotatable bonds is 5. The van der Waals surface area contributed by atoms with Crippen molar-refractivity contribution >= 4 is 15.9 Å². The van der Waals surface area contributed by atoms with E-state index in [1.54, 1.807) is 0 Å². The van der Waals surface area contributed by atoms with Crippen LogP contribution in [0.2, 0.25) is 0 Å². The van der Waals surface area contributed by atoms with E-state index in [-0.39, 0.29) is 0 Å². The van der Waals surface area contributed by atoms with E-state index < -0.39 is 0 Å². The Bertz CT molecular complexity index is 371. The number of nitrogens with one attached hydrogen (secondary N) is 1. The summed E-state index contributed by atoms with van der Waals surface area (Å²) >= 11 is 3.48. The predicted molar refractivity (Wildman–Crippen MR) is 85.3 cm³/mol. The van der Waals surface area contributed by atoms with Crippen LogP contribution in [0.25, 0.3) is 0 Å². The Hall–Kier alpha value is -0.380. The minimum Gasteiger partial charge on any atom is -0.314 e. The molecule has 0 amide bonds. The second-order valence-electron chi connectivity index (χ2n) is 5.77. The average Bonchev–Trinajstić information content (AvgIpc) is 2.42. The van der Waals surface area contributed by atoms with Gasteiger partial charge >= 0.3 is 0 Å². The fourth-order valence-electron chi connectivity index (χ4n) is 2.75. The highest BCUT2D eigenvalue weighted by Gasteiger charge is 2.18. The first-order valence-corrected chi connectivity index (χ1v) is 8.12. The van der Waals surface area contributed by atoms with Crippen LogP contribution >= 0.6 is 15.9 Å². The zero-order valence-electron chi connectivity index (χ0n) is 12.0. The molecule has 2 atom stereocenters. The molecule has 2 nitrogen and oxygen atoms in total. The predicted octanol–water partition coefficient (Wildman–Crippen LogP) is 3.80. The smallest absolute Gasteiger partial charge is 0.0233 e. The zero-order chi connectivity index (χ0) is 13.7. The van der Waals surface area contributed by atoms with Crippen molar-refractivity contribution < 1.29 is 0 Å². The van der Waals surface area contributed by atoms with Crippen LogP contribution < -0.4 is 5.32 Å². The second-order valence-corrected chi connectivity index (χ2v) is 6.69. The molecule has 0 aromatic heterocycles. The molecule has 106 valence electrons. The lowest BCUT2D eigenvalue weighted by atomic mass is 9.98. The van der Waals surface area contributed by atoms with Gasteiger partial charge < -0.3 is 5.32 Å². The Morgan fingerprint density at radius 1 is 1.32 bits per heavy atom. The molecule has 1 N–H and O–H groups in total. The maximum absolute atomic E-state index is 3.64. The van der Waals surface area contributed by atoms with Crippen molar-refractivity contribution in [3.8, 4) is 0 Å². The molecule has 1 aliphatic heterocycles. The third kappa shape index (κ3) is 4.90. The SMILES string of the molecule is CC(CC1CCCCN1)N(C)Cc1ccc(Br)cc1. The summed E-state index contributed by atoms with van der Waals surface area (Å²) in [5.41, 5.74) is 1.38. The average molecular weight is 325 g/mol. The van der Waals surface area contributed by atoms with Gasteiger partial charge in [0.05, 0.1) is 0 Å². The monoisotopic (exact) mass is 324 g/mol. The summed E-state index contributed by atoms with van der Waals surface area (Å²) in [7, 11) is 2.23. The van der Waals surface area contributed by atoms with Gasteiger partial charge in [-0.05, 0) is 57.5 Å². The summed E-state index contributed by atoms with van der Waals surface area (Å²) in [5.74, 6) is 0. The number of halogens is 1. The van der Waals surface area contributed by atoms with Crippen LogP contribution in [-0.2, 0) is 6.54 Å². The molecule has 1 aromatic rings. The number of nitrogens with zero attached hydrogens (tertiary/aromatic N) is 1. The first-order valence-electron chi connectivity index (χ1n) is 7.33. The van der Waals surface area contributed by atoms with Crippen molar-refractivity contribution in [2.75, 3.05) is 13.6 Å². The van der Waals surface area contributed by atoms with E-state index in [0.717, 1.165) is 17.1 Å². The van der Waals surface area contributed by atoms with E-state index in [4.69, 9.17) is 0 Å². The first-order chi connectivity index (χ1) is 9.15. The van der Waals surface area contributed by atoms with Crippen molar-refractivity contribution in [3.05, 3.63) is 34.3 Å². The van der Waals surface area contributed by atoms with E-state index in [1.807, 2.05) is 0 Å². The maximum atomic E-state index is 3.64. The molecule has 0 radical (unpaired) electrons. The molecular weight excluding hydrogens is 300 g/mol. The van der Waals surface area contributed by atoms with E-state index in [9.17, 15) is 0 Å². The van der Waals surface area contributed by atoms with Gasteiger partial charge in [-0.3, -0.25) is 4.90 Å². The summed E-state index contributed by atoms with van der Waals surface area (Å²) in [6, 6.07) is 9.99. The van der Waals surface area contributed by atoms with E-state index in [1.165, 1.54) is 37.8 Å². The molecule has 1 aliphatic rings. The van der Waals surface area contributed by atoms with Crippen LogP contribution in [0.5, 0.6) is 0 Å². The highest BCUT2D eigenvalue weighted by molar-refractivity contribution is 9.10. The van der Waals surface area contributed by atoms with Gasteiger partial charge in [-0.1, -0.05) is 34.5 Å². The van der Waals surface area contributed by atoms with Gasteiger partial charge in [0.1, 0.15) is 0 Å². The highest BCUT2D eigenvalue weighted by Crippen LogP contribution is 2.17. The Kier molecular flexibility index (Phi) is 5.86. The molecule has 3 heteroatoms. The van der Waals surface area contributed by atoms with Crippen molar-refractivity contribution in [1.29, 1.82) is 0 Å². The van der Waals surface area contributed by atoms with E-state index in [2.05, 4.69) is 64.4 Å². The third-order valence-electron chi connectivity index (χ3n) is 4.14. The molecule has 19 heavy (non-hydrogen) atoms. The summed E-state index contributed by atoms with van der Waals surface area (Å²) in [6.45, 7) is 4.57. The quantitative estimate of drug-likeness (QED) is 0.886. The standard InChI is InChI=1S/C16H25BrN2/c1-13(11-16-5-3-4-10-18-16)19(2)12-14-6-8-15(17)9-7-14/h6-9,13,16,18H,3-5,10-12H2,1-2H3. The van der Waals surface area contributed by atoms with Crippen molar-refractivity contribution in [2.45, 2.75) is 51.2 Å². The van der Waals surface area contributed by atoms with E-state index in [0.29, 0.717) is 6.04 Å². The molecule has 0 bridgehead atoms. The van der Waals surface area contributed by atoms with Crippen molar-refractivity contribution in [1.82, 2.24) is 10.2 Å². The summed E-state index contributed by atoms with van der Waals surface area (Å²) in [4.78, 5) is 2.46. The van der Waals surface area contributed by atoms with Gasteiger partial charge in [0.2, 0.25) is 0 Å². The molecule has 0 spiro atoms. The molecular formula is C16H25BrN2. The molecule has 0 aliphatic carbocycles. The van der Waals surface area contributed by atoms with Gasteiger partial charge in [-0.2, -0.15) is 0 Å². The Labute approximate surface area is 125 Å². The molecule has 0 saturated carbocycles. The van der Waals surface area contributed by atoms with Crippen LogP contribution in [0, 0.1) is 0 Å². The normalized spacial score (nSPS) is 21.6. The minimum absolute atomic E-state index is 0.624. The largest absolute Gasteiger partial charge is 0.314 e. The lowest BCUT2D eigenvalue weighted by molar-refractivity contribution is 0.209. The fraction of sp³-hybridized carbons (Fsp3) is 0.625. The number of hydrogen-bond donors (Lipinski definition) is 1. The molecule has 2 rings (SSSR count). The van der Waals surface area contributed by atoms with Gasteiger partial charge in [-0.15, -0.1) is 0 Å². The van der Waals surface area contributed by atoms with Crippen LogP contribution in [0.4, 0.5) is 0 Å². The number of hydrogen-bond acceptors (Lipinski definition) is 2. The van der Waals surface area contributed by atoms with E-state index >= 15 is 0 Å². The maximum Gasteiger partial charge on any atom is 0.0233 e. The fourth-order valence-corrected chi connectivity index (χ4v) is 3.01. The summed E-state index contributed by atoms with van der Waals surface area (Å²) in [5, 5.41) is 3.64. The number of benzene rings is 1. The first kappa shape index (κ1) is 15.0. The second kappa shape index (κ2) is 7.41. The molecule has 1 heterocycles. The summed E-state index contributed by atoms with van der Waals surface area (Å²) < 4.78 is 1.15. The topological polar surface area (TPSA) is 15.3 Å². The Morgan fingerprint density at radius 3 is 2.68 bits per heavy atom. The van der Waals surface area contributed by atoms with Crippen molar-refractivity contribution in [3.63, 3.8) is 0 Å². The zero-order valence-corrected chi connectivity index (χ0v) is 13.6. The van der Waals surface area contributed by atoms with Gasteiger partial charge in [0, 0.05) is 23.1 Å².